The Morgan fingerprint density at radius 2 is 2.20 bits per heavy atom. The second kappa shape index (κ2) is 8.59. The SMILES string of the molecule is CCCNC(CC)(CCCSc1nnc(C)s1)C(=O)O. The fourth-order valence-electron chi connectivity index (χ4n) is 1.96. The van der Waals surface area contributed by atoms with Crippen LogP contribution in [0.4, 0.5) is 0 Å². The number of thioether (sulfide) groups is 1. The van der Waals surface area contributed by atoms with E-state index < -0.39 is 11.5 Å². The van der Waals surface area contributed by atoms with Crippen molar-refractivity contribution < 1.29 is 9.90 Å². The molecular formula is C13H23N3O2S2. The minimum atomic E-state index is -0.784. The molecule has 1 rings (SSSR count). The number of nitrogens with zero attached hydrogens (tertiary/aromatic N) is 2. The first kappa shape index (κ1) is 17.4. The molecule has 1 aromatic rings. The number of hydrogen-bond donors (Lipinski definition) is 2. The number of nitrogens with one attached hydrogen (secondary N) is 1. The van der Waals surface area contributed by atoms with E-state index in [4.69, 9.17) is 0 Å². The van der Waals surface area contributed by atoms with Crippen molar-refractivity contribution in [2.75, 3.05) is 12.3 Å². The van der Waals surface area contributed by atoms with Gasteiger partial charge in [0.1, 0.15) is 10.5 Å². The minimum absolute atomic E-state index is 0.602. The zero-order chi connectivity index (χ0) is 15.0. The highest BCUT2D eigenvalue weighted by molar-refractivity contribution is 8.01. The monoisotopic (exact) mass is 317 g/mol. The van der Waals surface area contributed by atoms with Crippen LogP contribution in [0.25, 0.3) is 0 Å². The zero-order valence-electron chi connectivity index (χ0n) is 12.3. The summed E-state index contributed by atoms with van der Waals surface area (Å²) in [6, 6.07) is 0. The van der Waals surface area contributed by atoms with Crippen LogP contribution in [-0.4, -0.2) is 39.1 Å². The lowest BCUT2D eigenvalue weighted by Gasteiger charge is -2.29. The van der Waals surface area contributed by atoms with E-state index in [1.54, 1.807) is 23.1 Å². The quantitative estimate of drug-likeness (QED) is 0.510. The topological polar surface area (TPSA) is 75.1 Å². The molecule has 0 aliphatic rings. The molecule has 1 atom stereocenters. The summed E-state index contributed by atoms with van der Waals surface area (Å²) in [6.07, 6.45) is 3.03. The molecule has 0 bridgehead atoms. The van der Waals surface area contributed by atoms with Gasteiger partial charge in [0.05, 0.1) is 0 Å². The van der Waals surface area contributed by atoms with Crippen molar-refractivity contribution in [3.05, 3.63) is 5.01 Å². The second-order valence-corrected chi connectivity index (χ2v) is 7.23. The normalized spacial score (nSPS) is 14.2. The molecule has 1 heterocycles. The Morgan fingerprint density at radius 3 is 2.70 bits per heavy atom. The summed E-state index contributed by atoms with van der Waals surface area (Å²) in [4.78, 5) is 11.5. The van der Waals surface area contributed by atoms with E-state index in [9.17, 15) is 9.90 Å². The molecule has 2 N–H and O–H groups in total. The summed E-state index contributed by atoms with van der Waals surface area (Å²) in [5.74, 6) is 0.127. The van der Waals surface area contributed by atoms with Crippen molar-refractivity contribution in [2.24, 2.45) is 0 Å². The molecule has 0 amide bonds. The number of aliphatic carboxylic acids is 1. The number of rotatable bonds is 10. The molecule has 0 radical (unpaired) electrons. The van der Waals surface area contributed by atoms with Crippen molar-refractivity contribution in [2.45, 2.75) is 56.3 Å². The lowest BCUT2D eigenvalue weighted by atomic mass is 9.90. The predicted molar refractivity (Wildman–Crippen MR) is 83.6 cm³/mol. The molecule has 1 aromatic heterocycles. The van der Waals surface area contributed by atoms with E-state index in [1.807, 2.05) is 20.8 Å². The van der Waals surface area contributed by atoms with E-state index in [0.29, 0.717) is 12.8 Å². The average molecular weight is 317 g/mol. The van der Waals surface area contributed by atoms with Gasteiger partial charge in [0.15, 0.2) is 4.34 Å². The molecule has 0 aliphatic heterocycles. The average Bonchev–Trinajstić information content (AvgIpc) is 2.84. The Hall–Kier alpha value is -0.660. The van der Waals surface area contributed by atoms with Gasteiger partial charge >= 0.3 is 5.97 Å². The van der Waals surface area contributed by atoms with Crippen LogP contribution in [0.5, 0.6) is 0 Å². The van der Waals surface area contributed by atoms with E-state index >= 15 is 0 Å². The molecule has 0 aromatic carbocycles. The van der Waals surface area contributed by atoms with Crippen molar-refractivity contribution in [1.29, 1.82) is 0 Å². The van der Waals surface area contributed by atoms with Gasteiger partial charge < -0.3 is 10.4 Å². The second-order valence-electron chi connectivity index (χ2n) is 4.71. The van der Waals surface area contributed by atoms with Gasteiger partial charge in [0, 0.05) is 5.75 Å². The van der Waals surface area contributed by atoms with Gasteiger partial charge in [-0.05, 0) is 39.2 Å². The van der Waals surface area contributed by atoms with Gasteiger partial charge in [-0.2, -0.15) is 0 Å². The molecule has 1 unspecified atom stereocenters. The molecule has 7 heteroatoms. The first-order valence-corrected chi connectivity index (χ1v) is 8.75. The molecular weight excluding hydrogens is 294 g/mol. The maximum atomic E-state index is 11.5. The third kappa shape index (κ3) is 5.03. The van der Waals surface area contributed by atoms with Crippen LogP contribution in [0, 0.1) is 6.92 Å². The molecule has 114 valence electrons. The van der Waals surface area contributed by atoms with Crippen molar-refractivity contribution in [3.8, 4) is 0 Å². The number of carboxylic acids is 1. The molecule has 5 nitrogen and oxygen atoms in total. The van der Waals surface area contributed by atoms with Crippen LogP contribution >= 0.6 is 23.1 Å². The number of carbonyl (C=O) groups is 1. The first-order valence-electron chi connectivity index (χ1n) is 6.95. The lowest BCUT2D eigenvalue weighted by Crippen LogP contribution is -2.52. The van der Waals surface area contributed by atoms with Crippen molar-refractivity contribution >= 4 is 29.1 Å². The third-order valence-electron chi connectivity index (χ3n) is 3.21. The highest BCUT2D eigenvalue weighted by atomic mass is 32.2. The standard InChI is InChI=1S/C13H23N3O2S2/c1-4-8-14-13(5-2,11(17)18)7-6-9-19-12-16-15-10(3)20-12/h14H,4-9H2,1-3H3,(H,17,18). The van der Waals surface area contributed by atoms with Crippen molar-refractivity contribution in [3.63, 3.8) is 0 Å². The minimum Gasteiger partial charge on any atom is -0.480 e. The van der Waals surface area contributed by atoms with Gasteiger partial charge in [-0.3, -0.25) is 4.79 Å². The maximum Gasteiger partial charge on any atom is 0.323 e. The van der Waals surface area contributed by atoms with E-state index in [-0.39, 0.29) is 0 Å². The molecule has 0 aliphatic carbocycles. The predicted octanol–water partition coefficient (Wildman–Crippen LogP) is 2.95. The number of hydrogen-bond acceptors (Lipinski definition) is 6. The molecule has 0 saturated heterocycles. The largest absolute Gasteiger partial charge is 0.480 e. The van der Waals surface area contributed by atoms with Crippen LogP contribution in [-0.2, 0) is 4.79 Å². The Kier molecular flexibility index (Phi) is 7.47. The van der Waals surface area contributed by atoms with Gasteiger partial charge in [-0.25, -0.2) is 0 Å². The summed E-state index contributed by atoms with van der Waals surface area (Å²) in [7, 11) is 0. The Bertz CT molecular complexity index is 426. The van der Waals surface area contributed by atoms with Crippen LogP contribution < -0.4 is 5.32 Å². The number of aromatic nitrogens is 2. The number of carboxylic acid groups (broad SMARTS) is 1. The van der Waals surface area contributed by atoms with Gasteiger partial charge in [-0.1, -0.05) is 36.9 Å². The Labute approximate surface area is 128 Å². The van der Waals surface area contributed by atoms with Crippen LogP contribution in [0.1, 0.15) is 44.5 Å². The summed E-state index contributed by atoms with van der Waals surface area (Å²) in [5.41, 5.74) is -0.784. The highest BCUT2D eigenvalue weighted by Crippen LogP contribution is 2.25. The first-order chi connectivity index (χ1) is 9.54. The Balaban J connectivity index is 2.43. The van der Waals surface area contributed by atoms with Crippen molar-refractivity contribution in [1.82, 2.24) is 15.5 Å². The van der Waals surface area contributed by atoms with E-state index in [0.717, 1.165) is 34.5 Å². The zero-order valence-corrected chi connectivity index (χ0v) is 13.9. The molecule has 20 heavy (non-hydrogen) atoms. The summed E-state index contributed by atoms with van der Waals surface area (Å²) >= 11 is 3.23. The van der Waals surface area contributed by atoms with Crippen LogP contribution in [0.2, 0.25) is 0 Å². The highest BCUT2D eigenvalue weighted by Gasteiger charge is 2.35. The van der Waals surface area contributed by atoms with Gasteiger partial charge in [-0.15, -0.1) is 10.2 Å². The Morgan fingerprint density at radius 1 is 1.45 bits per heavy atom. The summed E-state index contributed by atoms with van der Waals surface area (Å²) < 4.78 is 0.960. The van der Waals surface area contributed by atoms with Gasteiger partial charge in [0.25, 0.3) is 0 Å². The van der Waals surface area contributed by atoms with Crippen LogP contribution in [0.15, 0.2) is 4.34 Å². The summed E-state index contributed by atoms with van der Waals surface area (Å²) in [6.45, 7) is 6.65. The number of aryl methyl sites for hydroxylation is 1. The summed E-state index contributed by atoms with van der Waals surface area (Å²) in [5, 5.41) is 21.7. The molecule has 0 fully saturated rings. The molecule has 0 saturated carbocycles. The lowest BCUT2D eigenvalue weighted by molar-refractivity contribution is -0.145. The maximum absolute atomic E-state index is 11.5. The smallest absolute Gasteiger partial charge is 0.323 e. The van der Waals surface area contributed by atoms with Gasteiger partial charge in [0.2, 0.25) is 0 Å². The third-order valence-corrected chi connectivity index (χ3v) is 5.27. The molecule has 0 spiro atoms. The fraction of sp³-hybridized carbons (Fsp3) is 0.769. The van der Waals surface area contributed by atoms with E-state index in [1.165, 1.54) is 0 Å². The van der Waals surface area contributed by atoms with Crippen LogP contribution in [0.3, 0.4) is 0 Å². The fourth-order valence-corrected chi connectivity index (χ4v) is 3.78. The van der Waals surface area contributed by atoms with E-state index in [2.05, 4.69) is 15.5 Å².